The van der Waals surface area contributed by atoms with Crippen LogP contribution in [-0.2, 0) is 0 Å². The Morgan fingerprint density at radius 1 is 1.00 bits per heavy atom. The Kier molecular flexibility index (Phi) is 16.3. The average Bonchev–Trinajstić information content (AvgIpc) is 3.05. The second-order valence-electron chi connectivity index (χ2n) is 11.5. The highest BCUT2D eigenvalue weighted by Gasteiger charge is 2.18. The molecule has 0 aliphatic carbocycles. The highest BCUT2D eigenvalue weighted by Crippen LogP contribution is 2.32. The van der Waals surface area contributed by atoms with Crippen molar-refractivity contribution in [2.24, 2.45) is 16.6 Å². The molecule has 0 fully saturated rings. The molecular weight excluding hydrogens is 608 g/mol. The van der Waals surface area contributed by atoms with Crippen LogP contribution in [0.25, 0.3) is 22.2 Å². The molecule has 4 N–H and O–H groups in total. The van der Waals surface area contributed by atoms with Crippen LogP contribution in [0.4, 0.5) is 5.69 Å². The van der Waals surface area contributed by atoms with Crippen molar-refractivity contribution in [1.82, 2.24) is 4.98 Å². The van der Waals surface area contributed by atoms with Crippen molar-refractivity contribution in [3.63, 3.8) is 0 Å². The first kappa shape index (κ1) is 39.1. The lowest BCUT2D eigenvalue weighted by Crippen LogP contribution is -2.14. The van der Waals surface area contributed by atoms with Crippen LogP contribution in [0.15, 0.2) is 71.7 Å². The van der Waals surface area contributed by atoms with Crippen molar-refractivity contribution in [1.29, 1.82) is 0 Å². The standard InChI is InChI=1S/C29H27ClN2O2.C8H18N2O.C2H6/c1-5-18(3)28(33)20-10-12-21(13-11-20)31-29(34)24-16-26(22-8-6-7-9-25(22)30)32-27-19(4)14-17(2)15-23(24)27;1-3-4-5-6-8(11)10-7(2)9;1-2/h6-16,18H,5H2,1-4H3,(H,31,34);8,11H,3-6H2,1-2H3,(H2,9,10);1-2H3. The Bertz CT molecular complexity index is 1650. The van der Waals surface area contributed by atoms with E-state index in [1.165, 1.54) is 0 Å². The molecule has 2 atom stereocenters. The van der Waals surface area contributed by atoms with Crippen molar-refractivity contribution >= 4 is 45.7 Å². The number of unbranched alkanes of at least 4 members (excludes halogenated alkanes) is 2. The smallest absolute Gasteiger partial charge is 0.256 e. The predicted molar refractivity (Wildman–Crippen MR) is 199 cm³/mol. The molecule has 4 aromatic rings. The number of amides is 1. The number of aromatic nitrogens is 1. The lowest BCUT2D eigenvalue weighted by Gasteiger charge is -2.14. The summed E-state index contributed by atoms with van der Waals surface area (Å²) >= 11 is 6.44. The highest BCUT2D eigenvalue weighted by atomic mass is 35.5. The molecule has 0 saturated heterocycles. The zero-order valence-electron chi connectivity index (χ0n) is 29.2. The number of hydrogen-bond acceptors (Lipinski definition) is 5. The highest BCUT2D eigenvalue weighted by molar-refractivity contribution is 6.33. The van der Waals surface area contributed by atoms with Gasteiger partial charge in [0.25, 0.3) is 5.91 Å². The van der Waals surface area contributed by atoms with Gasteiger partial charge in [0.1, 0.15) is 6.23 Å². The number of nitrogens with two attached hydrogens (primary N) is 1. The second-order valence-corrected chi connectivity index (χ2v) is 11.9. The predicted octanol–water partition coefficient (Wildman–Crippen LogP) is 9.94. The molecule has 1 aromatic heterocycles. The van der Waals surface area contributed by atoms with Crippen molar-refractivity contribution < 1.29 is 14.7 Å². The van der Waals surface area contributed by atoms with Gasteiger partial charge in [0, 0.05) is 33.1 Å². The average molecular weight is 659 g/mol. The Morgan fingerprint density at radius 3 is 2.26 bits per heavy atom. The summed E-state index contributed by atoms with van der Waals surface area (Å²) in [6.07, 6.45) is 4.26. The Morgan fingerprint density at radius 2 is 1.66 bits per heavy atom. The maximum Gasteiger partial charge on any atom is 0.256 e. The van der Waals surface area contributed by atoms with E-state index in [0.717, 1.165) is 59.7 Å². The Hall–Kier alpha value is -4.07. The van der Waals surface area contributed by atoms with Gasteiger partial charge in [-0.25, -0.2) is 9.98 Å². The summed E-state index contributed by atoms with van der Waals surface area (Å²) in [5.41, 5.74) is 11.3. The fraction of sp³-hybridized carbons (Fsp3) is 0.385. The third-order valence-corrected chi connectivity index (χ3v) is 7.88. The fourth-order valence-corrected chi connectivity index (χ4v) is 5.17. The molecule has 0 aliphatic rings. The van der Waals surface area contributed by atoms with E-state index in [4.69, 9.17) is 22.3 Å². The lowest BCUT2D eigenvalue weighted by molar-refractivity contribution is 0.0927. The van der Waals surface area contributed by atoms with Crippen LogP contribution in [0.3, 0.4) is 0 Å². The van der Waals surface area contributed by atoms with Crippen LogP contribution in [0.2, 0.25) is 5.02 Å². The molecule has 1 heterocycles. The number of carbonyl (C=O) groups excluding carboxylic acids is 2. The number of rotatable bonds is 11. The minimum absolute atomic E-state index is 0.0293. The number of aliphatic imine (C=N–C) groups is 1. The number of nitrogens with one attached hydrogen (secondary N) is 1. The molecule has 1 amide bonds. The molecule has 3 aromatic carbocycles. The number of hydrogen-bond donors (Lipinski definition) is 3. The van der Waals surface area contributed by atoms with Gasteiger partial charge in [-0.3, -0.25) is 9.59 Å². The zero-order valence-corrected chi connectivity index (χ0v) is 29.9. The van der Waals surface area contributed by atoms with Crippen molar-refractivity contribution in [2.45, 2.75) is 93.7 Å². The van der Waals surface area contributed by atoms with E-state index in [1.807, 2.05) is 71.9 Å². The monoisotopic (exact) mass is 658 g/mol. The molecule has 0 spiro atoms. The fourth-order valence-electron chi connectivity index (χ4n) is 4.94. The van der Waals surface area contributed by atoms with Gasteiger partial charge in [-0.05, 0) is 88.1 Å². The molecule has 8 heteroatoms. The number of pyridine rings is 1. The van der Waals surface area contributed by atoms with Gasteiger partial charge in [-0.1, -0.05) is 88.9 Å². The first-order chi connectivity index (χ1) is 22.4. The summed E-state index contributed by atoms with van der Waals surface area (Å²) in [4.78, 5) is 34.5. The zero-order chi connectivity index (χ0) is 35.1. The van der Waals surface area contributed by atoms with Gasteiger partial charge in [0.2, 0.25) is 0 Å². The number of nitrogens with zero attached hydrogens (tertiary/aromatic N) is 2. The first-order valence-corrected chi connectivity index (χ1v) is 16.9. The number of amidine groups is 1. The number of aliphatic hydroxyl groups is 1. The summed E-state index contributed by atoms with van der Waals surface area (Å²) in [6, 6.07) is 20.4. The van der Waals surface area contributed by atoms with E-state index < -0.39 is 6.23 Å². The van der Waals surface area contributed by atoms with Crippen molar-refractivity contribution in [3.05, 3.63) is 94.0 Å². The van der Waals surface area contributed by atoms with E-state index in [0.29, 0.717) is 33.4 Å². The summed E-state index contributed by atoms with van der Waals surface area (Å²) in [5.74, 6) is 0.287. The van der Waals surface area contributed by atoms with Gasteiger partial charge in [0.15, 0.2) is 5.78 Å². The normalized spacial score (nSPS) is 12.3. The molecule has 47 heavy (non-hydrogen) atoms. The number of fused-ring (bicyclic) bond motifs is 1. The number of benzene rings is 3. The molecule has 7 nitrogen and oxygen atoms in total. The second kappa shape index (κ2) is 19.6. The Balaban J connectivity index is 0.000000503. The van der Waals surface area contributed by atoms with Crippen LogP contribution in [-0.4, -0.2) is 33.8 Å². The molecule has 0 radical (unpaired) electrons. The SMILES string of the molecule is CC.CCC(C)C(=O)c1ccc(NC(=O)c2cc(-c3ccccc3Cl)nc3c(C)cc(C)cc23)cc1.CCCCCC(O)/N=C(/C)N. The minimum atomic E-state index is -0.591. The molecule has 0 aliphatic heterocycles. The summed E-state index contributed by atoms with van der Waals surface area (Å²) in [6.45, 7) is 15.7. The summed E-state index contributed by atoms with van der Waals surface area (Å²) in [7, 11) is 0. The van der Waals surface area contributed by atoms with E-state index >= 15 is 0 Å². The molecule has 2 unspecified atom stereocenters. The van der Waals surface area contributed by atoms with Crippen molar-refractivity contribution in [3.8, 4) is 11.3 Å². The topological polar surface area (TPSA) is 118 Å². The maximum absolute atomic E-state index is 13.5. The third-order valence-electron chi connectivity index (χ3n) is 7.55. The summed E-state index contributed by atoms with van der Waals surface area (Å²) < 4.78 is 0. The molecule has 0 bridgehead atoms. The van der Waals surface area contributed by atoms with Gasteiger partial charge >= 0.3 is 0 Å². The van der Waals surface area contributed by atoms with Gasteiger partial charge in [-0.2, -0.15) is 0 Å². The van der Waals surface area contributed by atoms with Crippen LogP contribution < -0.4 is 11.1 Å². The van der Waals surface area contributed by atoms with Crippen LogP contribution in [0.5, 0.6) is 0 Å². The summed E-state index contributed by atoms with van der Waals surface area (Å²) in [5, 5.41) is 13.5. The van der Waals surface area contributed by atoms with Crippen LogP contribution >= 0.6 is 11.6 Å². The molecule has 0 saturated carbocycles. The number of ketones is 1. The lowest BCUT2D eigenvalue weighted by atomic mass is 9.97. The number of aryl methyl sites for hydroxylation is 2. The van der Waals surface area contributed by atoms with Gasteiger partial charge in [0.05, 0.1) is 22.6 Å². The van der Waals surface area contributed by atoms with Crippen LogP contribution in [0.1, 0.15) is 105 Å². The number of halogens is 1. The third kappa shape index (κ3) is 11.6. The number of anilines is 1. The van der Waals surface area contributed by atoms with E-state index in [2.05, 4.69) is 23.3 Å². The number of aliphatic hydroxyl groups excluding tert-OH is 1. The van der Waals surface area contributed by atoms with Crippen molar-refractivity contribution in [2.75, 3.05) is 5.32 Å². The van der Waals surface area contributed by atoms with E-state index in [1.54, 1.807) is 37.3 Å². The van der Waals surface area contributed by atoms with Crippen LogP contribution in [0, 0.1) is 19.8 Å². The molecule has 252 valence electrons. The van der Waals surface area contributed by atoms with E-state index in [-0.39, 0.29) is 17.6 Å². The minimum Gasteiger partial charge on any atom is -0.388 e. The number of Topliss-reactive ketones (excluding diaryl/α,β-unsaturated/α-hetero) is 1. The van der Waals surface area contributed by atoms with Gasteiger partial charge in [-0.15, -0.1) is 0 Å². The quantitative estimate of drug-likeness (QED) is 0.0641. The molecule has 4 rings (SSSR count). The largest absolute Gasteiger partial charge is 0.388 e. The van der Waals surface area contributed by atoms with Gasteiger partial charge < -0.3 is 16.2 Å². The number of carbonyl (C=O) groups is 2. The Labute approximate surface area is 285 Å². The molecular formula is C39H51ClN4O3. The van der Waals surface area contributed by atoms with E-state index in [9.17, 15) is 14.7 Å². The maximum atomic E-state index is 13.5. The first-order valence-electron chi connectivity index (χ1n) is 16.6.